The number of fused-ring (bicyclic) bond motifs is 1. The third kappa shape index (κ3) is 2.71. The van der Waals surface area contributed by atoms with E-state index >= 15 is 0 Å². The van der Waals surface area contributed by atoms with Crippen LogP contribution in [-0.2, 0) is 6.18 Å². The molecule has 0 amide bonds. The highest BCUT2D eigenvalue weighted by Crippen LogP contribution is 2.38. The number of alkyl halides is 3. The number of benzene rings is 1. The van der Waals surface area contributed by atoms with Gasteiger partial charge in [-0.3, -0.25) is 9.36 Å². The van der Waals surface area contributed by atoms with Crippen LogP contribution in [0, 0.1) is 5.82 Å². The summed E-state index contributed by atoms with van der Waals surface area (Å²) in [6.07, 6.45) is -4.18. The van der Waals surface area contributed by atoms with Crippen molar-refractivity contribution in [2.45, 2.75) is 6.18 Å². The standard InChI is InChI=1S/C14H7Cl2F4N5O/c15-5-2-6(16)9(21)11(8(5)17)25-7(14(18,19)20)1-4-10(13(25)26)23-3-24-12(4)22/h1-3H,21H2,(H2,22,23,24). The number of pyridine rings is 1. The molecule has 6 nitrogen and oxygen atoms in total. The Hall–Kier alpha value is -2.59. The van der Waals surface area contributed by atoms with Gasteiger partial charge in [-0.1, -0.05) is 23.2 Å². The second kappa shape index (κ2) is 5.99. The number of halogens is 6. The number of nitrogens with zero attached hydrogens (tertiary/aromatic N) is 3. The number of nitrogens with two attached hydrogens (primary N) is 2. The van der Waals surface area contributed by atoms with Gasteiger partial charge in [0.2, 0.25) is 0 Å². The van der Waals surface area contributed by atoms with E-state index in [0.717, 1.165) is 12.4 Å². The number of nitrogen functional groups attached to an aromatic ring is 2. The molecule has 3 rings (SSSR count). The first kappa shape index (κ1) is 18.2. The summed E-state index contributed by atoms with van der Waals surface area (Å²) in [6, 6.07) is 1.44. The summed E-state index contributed by atoms with van der Waals surface area (Å²) in [5.41, 5.74) is 6.31. The summed E-state index contributed by atoms with van der Waals surface area (Å²) < 4.78 is 55.2. The van der Waals surface area contributed by atoms with E-state index in [0.29, 0.717) is 6.07 Å². The van der Waals surface area contributed by atoms with Crippen LogP contribution in [0.1, 0.15) is 5.69 Å². The fraction of sp³-hybridized carbons (Fsp3) is 0.0714. The Labute approximate surface area is 152 Å². The van der Waals surface area contributed by atoms with Crippen molar-refractivity contribution in [2.24, 2.45) is 0 Å². The lowest BCUT2D eigenvalue weighted by atomic mass is 10.1. The van der Waals surface area contributed by atoms with E-state index in [9.17, 15) is 22.4 Å². The third-order valence-corrected chi connectivity index (χ3v) is 4.13. The normalized spacial score (nSPS) is 11.9. The van der Waals surface area contributed by atoms with Crippen LogP contribution < -0.4 is 17.0 Å². The Kier molecular flexibility index (Phi) is 4.20. The van der Waals surface area contributed by atoms with E-state index < -0.39 is 45.2 Å². The minimum Gasteiger partial charge on any atom is -0.396 e. The topological polar surface area (TPSA) is 99.8 Å². The molecule has 0 aliphatic rings. The van der Waals surface area contributed by atoms with Gasteiger partial charge in [0.15, 0.2) is 5.82 Å². The monoisotopic (exact) mass is 407 g/mol. The molecule has 0 saturated carbocycles. The number of hydrogen-bond acceptors (Lipinski definition) is 5. The highest BCUT2D eigenvalue weighted by Gasteiger charge is 2.37. The number of aromatic nitrogens is 3. The predicted molar refractivity (Wildman–Crippen MR) is 88.9 cm³/mol. The highest BCUT2D eigenvalue weighted by atomic mass is 35.5. The fourth-order valence-electron chi connectivity index (χ4n) is 2.38. The van der Waals surface area contributed by atoms with Crippen LogP contribution >= 0.6 is 23.2 Å². The van der Waals surface area contributed by atoms with Gasteiger partial charge in [0.1, 0.15) is 29.0 Å². The lowest BCUT2D eigenvalue weighted by Gasteiger charge is -2.19. The molecule has 0 aliphatic carbocycles. The van der Waals surface area contributed by atoms with E-state index in [4.69, 9.17) is 34.7 Å². The molecule has 2 heterocycles. The molecule has 1 aromatic carbocycles. The Morgan fingerprint density at radius 3 is 2.35 bits per heavy atom. The molecule has 0 unspecified atom stereocenters. The van der Waals surface area contributed by atoms with Gasteiger partial charge in [0.25, 0.3) is 5.56 Å². The highest BCUT2D eigenvalue weighted by molar-refractivity contribution is 6.37. The summed E-state index contributed by atoms with van der Waals surface area (Å²) >= 11 is 11.4. The zero-order valence-electron chi connectivity index (χ0n) is 12.4. The Morgan fingerprint density at radius 1 is 1.08 bits per heavy atom. The number of anilines is 2. The van der Waals surface area contributed by atoms with Crippen LogP contribution in [-0.4, -0.2) is 14.5 Å². The first-order chi connectivity index (χ1) is 12.0. The lowest BCUT2D eigenvalue weighted by Crippen LogP contribution is -2.29. The minimum atomic E-state index is -5.07. The van der Waals surface area contributed by atoms with Crippen LogP contribution in [0.25, 0.3) is 16.6 Å². The average molecular weight is 408 g/mol. The van der Waals surface area contributed by atoms with E-state index in [1.165, 1.54) is 0 Å². The smallest absolute Gasteiger partial charge is 0.396 e. The molecule has 0 fully saturated rings. The fourth-order valence-corrected chi connectivity index (χ4v) is 2.84. The zero-order valence-corrected chi connectivity index (χ0v) is 13.9. The van der Waals surface area contributed by atoms with Gasteiger partial charge < -0.3 is 11.5 Å². The summed E-state index contributed by atoms with van der Waals surface area (Å²) in [4.78, 5) is 19.9. The van der Waals surface area contributed by atoms with Crippen molar-refractivity contribution in [1.82, 2.24) is 14.5 Å². The first-order valence-corrected chi connectivity index (χ1v) is 7.46. The van der Waals surface area contributed by atoms with Gasteiger partial charge >= 0.3 is 6.18 Å². The molecule has 2 aromatic heterocycles. The first-order valence-electron chi connectivity index (χ1n) is 6.70. The molecule has 12 heteroatoms. The van der Waals surface area contributed by atoms with Crippen molar-refractivity contribution < 1.29 is 17.6 Å². The second-order valence-electron chi connectivity index (χ2n) is 5.11. The molecule has 4 N–H and O–H groups in total. The van der Waals surface area contributed by atoms with E-state index in [-0.39, 0.29) is 20.8 Å². The number of rotatable bonds is 1. The molecular weight excluding hydrogens is 401 g/mol. The van der Waals surface area contributed by atoms with Crippen molar-refractivity contribution in [2.75, 3.05) is 11.5 Å². The Bertz CT molecular complexity index is 1090. The van der Waals surface area contributed by atoms with Gasteiger partial charge in [0, 0.05) is 0 Å². The molecule has 3 aromatic rings. The van der Waals surface area contributed by atoms with Gasteiger partial charge in [-0.2, -0.15) is 13.2 Å². The van der Waals surface area contributed by atoms with Gasteiger partial charge in [-0.15, -0.1) is 0 Å². The van der Waals surface area contributed by atoms with Crippen LogP contribution in [0.4, 0.5) is 29.1 Å². The quantitative estimate of drug-likeness (QED) is 0.365. The van der Waals surface area contributed by atoms with E-state index in [1.54, 1.807) is 0 Å². The SMILES string of the molecule is Nc1c(Cl)cc(Cl)c(F)c1-n1c(C(F)(F)F)cc2c(N)ncnc2c1=O. The van der Waals surface area contributed by atoms with Crippen LogP contribution in [0.3, 0.4) is 0 Å². The third-order valence-electron chi connectivity index (χ3n) is 3.54. The summed E-state index contributed by atoms with van der Waals surface area (Å²) in [5, 5.41) is -1.27. The zero-order chi connectivity index (χ0) is 19.4. The van der Waals surface area contributed by atoms with Crippen molar-refractivity contribution >= 4 is 45.6 Å². The second-order valence-corrected chi connectivity index (χ2v) is 5.92. The molecule has 136 valence electrons. The molecular formula is C14H7Cl2F4N5O. The average Bonchev–Trinajstić information content (AvgIpc) is 2.54. The number of hydrogen-bond donors (Lipinski definition) is 2. The van der Waals surface area contributed by atoms with Crippen LogP contribution in [0.2, 0.25) is 10.0 Å². The van der Waals surface area contributed by atoms with Gasteiger partial charge in [0.05, 0.1) is 21.1 Å². The van der Waals surface area contributed by atoms with Crippen molar-refractivity contribution in [3.8, 4) is 5.69 Å². The van der Waals surface area contributed by atoms with Crippen molar-refractivity contribution in [3.05, 3.63) is 50.4 Å². The maximum absolute atomic E-state index is 14.5. The van der Waals surface area contributed by atoms with Crippen LogP contribution in [0.15, 0.2) is 23.3 Å². The summed E-state index contributed by atoms with van der Waals surface area (Å²) in [5.74, 6) is -1.69. The lowest BCUT2D eigenvalue weighted by molar-refractivity contribution is -0.142. The van der Waals surface area contributed by atoms with Gasteiger partial charge in [-0.05, 0) is 12.1 Å². The molecule has 0 saturated heterocycles. The van der Waals surface area contributed by atoms with Gasteiger partial charge in [-0.25, -0.2) is 14.4 Å². The molecule has 0 spiro atoms. The van der Waals surface area contributed by atoms with E-state index in [2.05, 4.69) is 9.97 Å². The van der Waals surface area contributed by atoms with Crippen molar-refractivity contribution in [3.63, 3.8) is 0 Å². The molecule has 26 heavy (non-hydrogen) atoms. The maximum atomic E-state index is 14.5. The molecule has 0 radical (unpaired) electrons. The van der Waals surface area contributed by atoms with Crippen LogP contribution in [0.5, 0.6) is 0 Å². The Balaban J connectivity index is 2.60. The summed E-state index contributed by atoms with van der Waals surface area (Å²) in [7, 11) is 0. The maximum Gasteiger partial charge on any atom is 0.431 e. The molecule has 0 atom stereocenters. The largest absolute Gasteiger partial charge is 0.431 e. The predicted octanol–water partition coefficient (Wildman–Crippen LogP) is 3.41. The molecule has 0 aliphatic heterocycles. The molecule has 0 bridgehead atoms. The van der Waals surface area contributed by atoms with E-state index in [1.807, 2.05) is 0 Å². The Morgan fingerprint density at radius 2 is 1.73 bits per heavy atom. The minimum absolute atomic E-state index is 0.0250. The van der Waals surface area contributed by atoms with Crippen molar-refractivity contribution in [1.29, 1.82) is 0 Å². The summed E-state index contributed by atoms with van der Waals surface area (Å²) in [6.45, 7) is 0.